The standard InChI is InChI=1S/C16H31N/c1-2-14-9-5-6-10-15(14)16(17)12-11-13-7-3-4-8-13/h13-16H,2-12,17H2,1H3. The molecule has 0 radical (unpaired) electrons. The number of hydrogen-bond acceptors (Lipinski definition) is 1. The number of nitrogens with two attached hydrogens (primary N) is 1. The summed E-state index contributed by atoms with van der Waals surface area (Å²) in [7, 11) is 0. The second-order valence-corrected chi connectivity index (χ2v) is 6.51. The molecule has 0 aromatic heterocycles. The molecule has 2 N–H and O–H groups in total. The second-order valence-electron chi connectivity index (χ2n) is 6.51. The molecule has 0 amide bonds. The van der Waals surface area contributed by atoms with Crippen LogP contribution in [0.4, 0.5) is 0 Å². The summed E-state index contributed by atoms with van der Waals surface area (Å²) >= 11 is 0. The van der Waals surface area contributed by atoms with Gasteiger partial charge in [0.15, 0.2) is 0 Å². The molecule has 0 heterocycles. The molecule has 100 valence electrons. The highest BCUT2D eigenvalue weighted by Gasteiger charge is 2.29. The third-order valence-corrected chi connectivity index (χ3v) is 5.43. The molecular weight excluding hydrogens is 206 g/mol. The molecule has 0 aromatic rings. The van der Waals surface area contributed by atoms with Gasteiger partial charge in [0.2, 0.25) is 0 Å². The molecule has 0 aromatic carbocycles. The topological polar surface area (TPSA) is 26.0 Å². The van der Waals surface area contributed by atoms with Crippen molar-refractivity contribution in [3.8, 4) is 0 Å². The van der Waals surface area contributed by atoms with Gasteiger partial charge in [-0.05, 0) is 37.0 Å². The van der Waals surface area contributed by atoms with Crippen LogP contribution in [-0.4, -0.2) is 6.04 Å². The average Bonchev–Trinajstić information content (AvgIpc) is 2.89. The van der Waals surface area contributed by atoms with E-state index in [2.05, 4.69) is 6.92 Å². The fourth-order valence-corrected chi connectivity index (χ4v) is 4.25. The van der Waals surface area contributed by atoms with Crippen molar-refractivity contribution in [1.29, 1.82) is 0 Å². The first kappa shape index (κ1) is 13.4. The summed E-state index contributed by atoms with van der Waals surface area (Å²) in [6.07, 6.45) is 15.7. The lowest BCUT2D eigenvalue weighted by molar-refractivity contribution is 0.185. The summed E-state index contributed by atoms with van der Waals surface area (Å²) in [5, 5.41) is 0. The lowest BCUT2D eigenvalue weighted by atomic mass is 9.73. The molecule has 1 heteroatoms. The van der Waals surface area contributed by atoms with Crippen LogP contribution >= 0.6 is 0 Å². The third-order valence-electron chi connectivity index (χ3n) is 5.43. The van der Waals surface area contributed by atoms with Crippen molar-refractivity contribution >= 4 is 0 Å². The molecule has 2 rings (SSSR count). The minimum Gasteiger partial charge on any atom is -0.327 e. The Labute approximate surface area is 108 Å². The molecule has 0 aliphatic heterocycles. The molecule has 1 nitrogen and oxygen atoms in total. The summed E-state index contributed by atoms with van der Waals surface area (Å²) in [5.74, 6) is 2.79. The Balaban J connectivity index is 1.74. The van der Waals surface area contributed by atoms with E-state index < -0.39 is 0 Å². The quantitative estimate of drug-likeness (QED) is 0.748. The van der Waals surface area contributed by atoms with Crippen molar-refractivity contribution in [3.63, 3.8) is 0 Å². The van der Waals surface area contributed by atoms with Crippen LogP contribution in [0.15, 0.2) is 0 Å². The fourth-order valence-electron chi connectivity index (χ4n) is 4.25. The van der Waals surface area contributed by atoms with Gasteiger partial charge in [0.25, 0.3) is 0 Å². The highest BCUT2D eigenvalue weighted by Crippen LogP contribution is 2.36. The Hall–Kier alpha value is -0.0400. The summed E-state index contributed by atoms with van der Waals surface area (Å²) < 4.78 is 0. The van der Waals surface area contributed by atoms with Crippen molar-refractivity contribution in [2.75, 3.05) is 0 Å². The first-order valence-electron chi connectivity index (χ1n) is 8.06. The second kappa shape index (κ2) is 6.78. The van der Waals surface area contributed by atoms with Crippen molar-refractivity contribution in [2.24, 2.45) is 23.5 Å². The summed E-state index contributed by atoms with van der Waals surface area (Å²) in [6, 6.07) is 0.501. The number of hydrogen-bond donors (Lipinski definition) is 1. The summed E-state index contributed by atoms with van der Waals surface area (Å²) in [5.41, 5.74) is 6.49. The summed E-state index contributed by atoms with van der Waals surface area (Å²) in [6.45, 7) is 2.35. The lowest BCUT2D eigenvalue weighted by Crippen LogP contribution is -2.37. The van der Waals surface area contributed by atoms with E-state index in [1.807, 2.05) is 0 Å². The van der Waals surface area contributed by atoms with Crippen molar-refractivity contribution < 1.29 is 0 Å². The van der Waals surface area contributed by atoms with Crippen LogP contribution < -0.4 is 5.73 Å². The van der Waals surface area contributed by atoms with Crippen LogP contribution in [0.3, 0.4) is 0 Å². The first-order valence-corrected chi connectivity index (χ1v) is 8.06. The van der Waals surface area contributed by atoms with Gasteiger partial charge in [0.05, 0.1) is 0 Å². The SMILES string of the molecule is CCC1CCCCC1C(N)CCC1CCCC1. The van der Waals surface area contributed by atoms with E-state index in [9.17, 15) is 0 Å². The minimum atomic E-state index is 0.501. The maximum absolute atomic E-state index is 6.49. The summed E-state index contributed by atoms with van der Waals surface area (Å²) in [4.78, 5) is 0. The van der Waals surface area contributed by atoms with Gasteiger partial charge < -0.3 is 5.73 Å². The van der Waals surface area contributed by atoms with Gasteiger partial charge >= 0.3 is 0 Å². The largest absolute Gasteiger partial charge is 0.327 e. The van der Waals surface area contributed by atoms with Crippen LogP contribution in [0.5, 0.6) is 0 Å². The minimum absolute atomic E-state index is 0.501. The molecule has 2 saturated carbocycles. The molecule has 2 fully saturated rings. The van der Waals surface area contributed by atoms with E-state index in [1.54, 1.807) is 0 Å². The zero-order valence-electron chi connectivity index (χ0n) is 11.7. The predicted molar refractivity (Wildman–Crippen MR) is 74.9 cm³/mol. The van der Waals surface area contributed by atoms with Crippen molar-refractivity contribution in [1.82, 2.24) is 0 Å². The zero-order chi connectivity index (χ0) is 12.1. The molecule has 2 aliphatic rings. The number of rotatable bonds is 5. The van der Waals surface area contributed by atoms with Gasteiger partial charge in [-0.25, -0.2) is 0 Å². The Kier molecular flexibility index (Phi) is 5.34. The van der Waals surface area contributed by atoms with Crippen LogP contribution in [0, 0.1) is 17.8 Å². The first-order chi connectivity index (χ1) is 8.31. The third kappa shape index (κ3) is 3.71. The van der Waals surface area contributed by atoms with E-state index in [1.165, 1.54) is 70.6 Å². The normalized spacial score (nSPS) is 32.8. The average molecular weight is 237 g/mol. The van der Waals surface area contributed by atoms with Crippen LogP contribution in [-0.2, 0) is 0 Å². The molecule has 2 aliphatic carbocycles. The Morgan fingerprint density at radius 2 is 1.65 bits per heavy atom. The van der Waals surface area contributed by atoms with Crippen molar-refractivity contribution in [3.05, 3.63) is 0 Å². The van der Waals surface area contributed by atoms with Gasteiger partial charge in [0.1, 0.15) is 0 Å². The lowest BCUT2D eigenvalue weighted by Gasteiger charge is -2.35. The molecule has 17 heavy (non-hydrogen) atoms. The smallest absolute Gasteiger partial charge is 0.00699 e. The maximum Gasteiger partial charge on any atom is 0.00699 e. The fraction of sp³-hybridized carbons (Fsp3) is 1.00. The van der Waals surface area contributed by atoms with Crippen LogP contribution in [0.25, 0.3) is 0 Å². The molecule has 0 saturated heterocycles. The Morgan fingerprint density at radius 1 is 1.00 bits per heavy atom. The van der Waals surface area contributed by atoms with Gasteiger partial charge in [0, 0.05) is 6.04 Å². The van der Waals surface area contributed by atoms with E-state index >= 15 is 0 Å². The molecule has 0 bridgehead atoms. The highest BCUT2D eigenvalue weighted by atomic mass is 14.7. The predicted octanol–water partition coefficient (Wildman–Crippen LogP) is 4.50. The van der Waals surface area contributed by atoms with E-state index in [0.717, 1.165) is 17.8 Å². The highest BCUT2D eigenvalue weighted by molar-refractivity contribution is 4.83. The Morgan fingerprint density at radius 3 is 2.35 bits per heavy atom. The Bertz CT molecular complexity index is 208. The monoisotopic (exact) mass is 237 g/mol. The van der Waals surface area contributed by atoms with Gasteiger partial charge in [-0.3, -0.25) is 0 Å². The molecule has 0 spiro atoms. The zero-order valence-corrected chi connectivity index (χ0v) is 11.7. The van der Waals surface area contributed by atoms with Gasteiger partial charge in [-0.15, -0.1) is 0 Å². The van der Waals surface area contributed by atoms with Gasteiger partial charge in [-0.1, -0.05) is 58.3 Å². The molecular formula is C16H31N. The van der Waals surface area contributed by atoms with E-state index in [0.29, 0.717) is 6.04 Å². The van der Waals surface area contributed by atoms with Crippen molar-refractivity contribution in [2.45, 2.75) is 83.6 Å². The van der Waals surface area contributed by atoms with Gasteiger partial charge in [-0.2, -0.15) is 0 Å². The van der Waals surface area contributed by atoms with E-state index in [-0.39, 0.29) is 0 Å². The van der Waals surface area contributed by atoms with E-state index in [4.69, 9.17) is 5.73 Å². The van der Waals surface area contributed by atoms with Crippen LogP contribution in [0.1, 0.15) is 77.6 Å². The molecule has 3 unspecified atom stereocenters. The van der Waals surface area contributed by atoms with Crippen LogP contribution in [0.2, 0.25) is 0 Å². The maximum atomic E-state index is 6.49. The molecule has 3 atom stereocenters.